The van der Waals surface area contributed by atoms with Crippen LogP contribution in [-0.4, -0.2) is 14.7 Å². The molecule has 2 rings (SSSR count). The highest BCUT2D eigenvalue weighted by Gasteiger charge is 2.20. The number of aryl methyl sites for hydroxylation is 1. The molecule has 0 bridgehead atoms. The number of halogens is 4. The Kier molecular flexibility index (Phi) is 3.71. The van der Waals surface area contributed by atoms with Gasteiger partial charge < -0.3 is 5.11 Å². The molecule has 1 N–H and O–H groups in total. The number of aromatic hydroxyl groups is 1. The minimum absolute atomic E-state index is 0.103. The van der Waals surface area contributed by atoms with E-state index in [-0.39, 0.29) is 16.4 Å². The fourth-order valence-corrected chi connectivity index (χ4v) is 2.10. The molecule has 0 unspecified atom stereocenters. The van der Waals surface area contributed by atoms with Crippen molar-refractivity contribution in [2.45, 2.75) is 6.92 Å². The lowest BCUT2D eigenvalue weighted by Crippen LogP contribution is -2.22. The second-order valence-electron chi connectivity index (χ2n) is 3.69. The Morgan fingerprint density at radius 3 is 2.63 bits per heavy atom. The molecule has 19 heavy (non-hydrogen) atoms. The molecule has 0 amide bonds. The molecule has 0 fully saturated rings. The SMILES string of the molecule is Cc1cc(O)c(Cl)c(=O)n1-c1c(Cl)cnc(Cl)c1F. The zero-order valence-electron chi connectivity index (χ0n) is 9.42. The van der Waals surface area contributed by atoms with E-state index in [0.29, 0.717) is 0 Å². The monoisotopic (exact) mass is 322 g/mol. The summed E-state index contributed by atoms with van der Waals surface area (Å²) in [5.74, 6) is -1.33. The number of rotatable bonds is 1. The molecule has 4 nitrogen and oxygen atoms in total. The molecule has 0 saturated heterocycles. The first-order valence-electron chi connectivity index (χ1n) is 4.95. The normalized spacial score (nSPS) is 10.8. The van der Waals surface area contributed by atoms with Gasteiger partial charge in [-0.2, -0.15) is 0 Å². The molecule has 0 saturated carbocycles. The summed E-state index contributed by atoms with van der Waals surface area (Å²) >= 11 is 17.1. The van der Waals surface area contributed by atoms with Crippen LogP contribution in [0, 0.1) is 12.7 Å². The lowest BCUT2D eigenvalue weighted by atomic mass is 10.3. The summed E-state index contributed by atoms with van der Waals surface area (Å²) < 4.78 is 14.9. The summed E-state index contributed by atoms with van der Waals surface area (Å²) in [7, 11) is 0. The first-order chi connectivity index (χ1) is 8.84. The van der Waals surface area contributed by atoms with Crippen molar-refractivity contribution in [1.29, 1.82) is 0 Å². The lowest BCUT2D eigenvalue weighted by Gasteiger charge is -2.13. The highest BCUT2D eigenvalue weighted by molar-refractivity contribution is 6.34. The van der Waals surface area contributed by atoms with E-state index >= 15 is 0 Å². The van der Waals surface area contributed by atoms with Gasteiger partial charge in [0.1, 0.15) is 16.5 Å². The molecular formula is C11H6Cl3FN2O2. The third kappa shape index (κ3) is 2.29. The van der Waals surface area contributed by atoms with Crippen LogP contribution >= 0.6 is 34.8 Å². The van der Waals surface area contributed by atoms with Gasteiger partial charge in [-0.15, -0.1) is 0 Å². The van der Waals surface area contributed by atoms with E-state index in [2.05, 4.69) is 4.98 Å². The number of aromatic nitrogens is 2. The van der Waals surface area contributed by atoms with Crippen molar-refractivity contribution in [1.82, 2.24) is 9.55 Å². The van der Waals surface area contributed by atoms with E-state index in [1.807, 2.05) is 0 Å². The fraction of sp³-hybridized carbons (Fsp3) is 0.0909. The third-order valence-electron chi connectivity index (χ3n) is 2.44. The molecule has 2 heterocycles. The minimum Gasteiger partial charge on any atom is -0.506 e. The zero-order valence-corrected chi connectivity index (χ0v) is 11.7. The first kappa shape index (κ1) is 14.1. The van der Waals surface area contributed by atoms with Crippen LogP contribution in [0.15, 0.2) is 17.1 Å². The Morgan fingerprint density at radius 2 is 2.00 bits per heavy atom. The number of pyridine rings is 2. The molecule has 100 valence electrons. The smallest absolute Gasteiger partial charge is 0.278 e. The number of hydrogen-bond acceptors (Lipinski definition) is 3. The summed E-state index contributed by atoms with van der Waals surface area (Å²) in [6.07, 6.45) is 1.12. The van der Waals surface area contributed by atoms with E-state index in [9.17, 15) is 14.3 Å². The Hall–Kier alpha value is -1.30. The Bertz CT molecular complexity index is 731. The average Bonchev–Trinajstić information content (AvgIpc) is 2.35. The second kappa shape index (κ2) is 5.00. The molecule has 0 aliphatic carbocycles. The van der Waals surface area contributed by atoms with Crippen molar-refractivity contribution < 1.29 is 9.50 Å². The number of nitrogens with zero attached hydrogens (tertiary/aromatic N) is 2. The van der Waals surface area contributed by atoms with Crippen molar-refractivity contribution in [3.8, 4) is 11.4 Å². The van der Waals surface area contributed by atoms with Gasteiger partial charge in [-0.25, -0.2) is 9.37 Å². The fourth-order valence-electron chi connectivity index (χ4n) is 1.61. The van der Waals surface area contributed by atoms with Crippen molar-refractivity contribution in [2.75, 3.05) is 0 Å². The summed E-state index contributed by atoms with van der Waals surface area (Å²) in [6.45, 7) is 1.49. The largest absolute Gasteiger partial charge is 0.506 e. The van der Waals surface area contributed by atoms with E-state index < -0.39 is 27.3 Å². The molecule has 0 spiro atoms. The maximum Gasteiger partial charge on any atom is 0.278 e. The number of hydrogen-bond donors (Lipinski definition) is 1. The van der Waals surface area contributed by atoms with Gasteiger partial charge in [0.25, 0.3) is 5.56 Å². The van der Waals surface area contributed by atoms with Crippen LogP contribution in [0.2, 0.25) is 15.2 Å². The second-order valence-corrected chi connectivity index (χ2v) is 4.83. The molecule has 2 aromatic rings. The van der Waals surface area contributed by atoms with Crippen LogP contribution in [0.25, 0.3) is 5.69 Å². The van der Waals surface area contributed by atoms with Crippen LogP contribution in [0.1, 0.15) is 5.69 Å². The maximum absolute atomic E-state index is 14.0. The molecule has 0 radical (unpaired) electrons. The van der Waals surface area contributed by atoms with Crippen LogP contribution < -0.4 is 5.56 Å². The van der Waals surface area contributed by atoms with Gasteiger partial charge in [0.15, 0.2) is 11.0 Å². The van der Waals surface area contributed by atoms with Crippen LogP contribution in [0.5, 0.6) is 5.75 Å². The summed E-state index contributed by atoms with van der Waals surface area (Å²) in [6, 6.07) is 1.22. The van der Waals surface area contributed by atoms with Crippen molar-refractivity contribution >= 4 is 34.8 Å². The molecule has 0 aromatic carbocycles. The van der Waals surface area contributed by atoms with E-state index in [1.165, 1.54) is 13.0 Å². The maximum atomic E-state index is 14.0. The standard InChI is InChI=1S/C11H6Cl3FN2O2/c1-4-2-6(18)7(13)11(19)17(4)9-5(12)3-16-10(14)8(9)15/h2-3,18H,1H3. The summed E-state index contributed by atoms with van der Waals surface area (Å²) in [4.78, 5) is 15.5. The van der Waals surface area contributed by atoms with E-state index in [4.69, 9.17) is 34.8 Å². The third-order valence-corrected chi connectivity index (χ3v) is 3.34. The van der Waals surface area contributed by atoms with Gasteiger partial charge in [-0.05, 0) is 6.92 Å². The molecule has 0 aliphatic rings. The average molecular weight is 324 g/mol. The van der Waals surface area contributed by atoms with Crippen LogP contribution in [-0.2, 0) is 0 Å². The highest BCUT2D eigenvalue weighted by Crippen LogP contribution is 2.29. The van der Waals surface area contributed by atoms with Gasteiger partial charge in [-0.1, -0.05) is 34.8 Å². The zero-order chi connectivity index (χ0) is 14.3. The first-order valence-corrected chi connectivity index (χ1v) is 6.09. The predicted molar refractivity (Wildman–Crippen MR) is 71.2 cm³/mol. The highest BCUT2D eigenvalue weighted by atomic mass is 35.5. The molecule has 2 aromatic heterocycles. The van der Waals surface area contributed by atoms with Crippen molar-refractivity contribution in [2.24, 2.45) is 0 Å². The van der Waals surface area contributed by atoms with E-state index in [1.54, 1.807) is 0 Å². The van der Waals surface area contributed by atoms with Gasteiger partial charge in [0, 0.05) is 18.0 Å². The topological polar surface area (TPSA) is 55.1 Å². The Morgan fingerprint density at radius 1 is 1.37 bits per heavy atom. The van der Waals surface area contributed by atoms with Gasteiger partial charge in [0.2, 0.25) is 0 Å². The molecule has 0 atom stereocenters. The molecule has 0 aliphatic heterocycles. The minimum atomic E-state index is -0.943. The van der Waals surface area contributed by atoms with Gasteiger partial charge in [0.05, 0.1) is 5.02 Å². The van der Waals surface area contributed by atoms with Crippen molar-refractivity contribution in [3.05, 3.63) is 49.3 Å². The summed E-state index contributed by atoms with van der Waals surface area (Å²) in [5, 5.41) is 8.47. The van der Waals surface area contributed by atoms with E-state index in [0.717, 1.165) is 10.8 Å². The lowest BCUT2D eigenvalue weighted by molar-refractivity contribution is 0.472. The molecule has 8 heteroatoms. The van der Waals surface area contributed by atoms with Gasteiger partial charge in [-0.3, -0.25) is 9.36 Å². The predicted octanol–water partition coefficient (Wildman–Crippen LogP) is 3.35. The Labute approximate surface area is 122 Å². The van der Waals surface area contributed by atoms with Gasteiger partial charge >= 0.3 is 0 Å². The summed E-state index contributed by atoms with van der Waals surface area (Å²) in [5.41, 5.74) is -0.816. The quantitative estimate of drug-likeness (QED) is 0.819. The van der Waals surface area contributed by atoms with Crippen LogP contribution in [0.3, 0.4) is 0 Å². The van der Waals surface area contributed by atoms with Crippen molar-refractivity contribution in [3.63, 3.8) is 0 Å². The molecular weight excluding hydrogens is 317 g/mol. The Balaban J connectivity index is 2.92. The van der Waals surface area contributed by atoms with Crippen LogP contribution in [0.4, 0.5) is 4.39 Å².